The number of nitrogens with one attached hydrogen (secondary N) is 1. The first-order valence-electron chi connectivity index (χ1n) is 11.6. The van der Waals surface area contributed by atoms with Crippen LogP contribution in [-0.4, -0.2) is 28.0 Å². The number of rotatable bonds is 10. The lowest BCUT2D eigenvalue weighted by Gasteiger charge is -2.27. The van der Waals surface area contributed by atoms with E-state index in [-0.39, 0.29) is 16.5 Å². The molecule has 6 nitrogen and oxygen atoms in total. The molecule has 3 rings (SSSR count). The topological polar surface area (TPSA) is 75.7 Å². The molecule has 0 aliphatic heterocycles. The normalized spacial score (nSPS) is 12.7. The van der Waals surface area contributed by atoms with Crippen LogP contribution in [0.15, 0.2) is 83.8 Å². The Hall–Kier alpha value is -3.53. The molecule has 0 spiro atoms. The minimum Gasteiger partial charge on any atom is -0.497 e. The van der Waals surface area contributed by atoms with Crippen molar-refractivity contribution in [2.24, 2.45) is 5.92 Å². The Morgan fingerprint density at radius 1 is 0.973 bits per heavy atom. The average Bonchev–Trinajstić information content (AvgIpc) is 2.86. The van der Waals surface area contributed by atoms with Gasteiger partial charge in [0.15, 0.2) is 0 Å². The van der Waals surface area contributed by atoms with E-state index in [1.165, 1.54) is 37.4 Å². The molecule has 37 heavy (non-hydrogen) atoms. The molecular weight excluding hydrogens is 505 g/mol. The first-order valence-corrected chi connectivity index (χ1v) is 13.0. The van der Waals surface area contributed by atoms with Crippen molar-refractivity contribution in [3.05, 3.63) is 90.0 Å². The second kappa shape index (κ2) is 11.7. The number of methoxy groups -OCH3 is 1. The van der Waals surface area contributed by atoms with Gasteiger partial charge in [-0.25, -0.2) is 8.42 Å². The predicted octanol–water partition coefficient (Wildman–Crippen LogP) is 5.81. The van der Waals surface area contributed by atoms with Gasteiger partial charge in [0.1, 0.15) is 12.3 Å². The summed E-state index contributed by atoms with van der Waals surface area (Å²) >= 11 is 0. The summed E-state index contributed by atoms with van der Waals surface area (Å²) < 4.78 is 73.0. The number of ether oxygens (including phenoxy) is 1. The van der Waals surface area contributed by atoms with E-state index in [9.17, 15) is 26.4 Å². The maximum atomic E-state index is 13.5. The zero-order valence-electron chi connectivity index (χ0n) is 20.7. The molecule has 0 heterocycles. The highest BCUT2D eigenvalue weighted by atomic mass is 32.2. The van der Waals surface area contributed by atoms with Crippen LogP contribution < -0.4 is 14.4 Å². The molecule has 1 N–H and O–H groups in total. The van der Waals surface area contributed by atoms with Crippen LogP contribution in [0.1, 0.15) is 37.4 Å². The van der Waals surface area contributed by atoms with Crippen molar-refractivity contribution in [2.75, 3.05) is 18.0 Å². The Balaban J connectivity index is 1.97. The molecule has 0 bridgehead atoms. The summed E-state index contributed by atoms with van der Waals surface area (Å²) in [5.74, 6) is 0.182. The van der Waals surface area contributed by atoms with Crippen molar-refractivity contribution in [3.8, 4) is 5.75 Å². The van der Waals surface area contributed by atoms with Crippen LogP contribution in [0.25, 0.3) is 0 Å². The molecule has 0 radical (unpaired) electrons. The summed E-state index contributed by atoms with van der Waals surface area (Å²) in [6.45, 7) is 3.26. The second-order valence-corrected chi connectivity index (χ2v) is 10.8. The third-order valence-corrected chi connectivity index (χ3v) is 7.43. The van der Waals surface area contributed by atoms with Gasteiger partial charge in [-0.15, -0.1) is 0 Å². The number of sulfonamides is 1. The highest BCUT2D eigenvalue weighted by Gasteiger charge is 2.33. The van der Waals surface area contributed by atoms with Crippen LogP contribution in [0.4, 0.5) is 18.9 Å². The number of halogens is 3. The Bertz CT molecular complexity index is 1300. The van der Waals surface area contributed by atoms with Crippen LogP contribution in [-0.2, 0) is 21.0 Å². The lowest BCUT2D eigenvalue weighted by molar-refractivity contribution is -0.137. The minimum absolute atomic E-state index is 0.144. The number of alkyl halides is 3. The average molecular weight is 535 g/mol. The van der Waals surface area contributed by atoms with Crippen LogP contribution in [0.2, 0.25) is 0 Å². The second-order valence-electron chi connectivity index (χ2n) is 8.90. The number of carbonyl (C=O) groups excluding carboxylic acids is 1. The van der Waals surface area contributed by atoms with E-state index in [1.54, 1.807) is 30.3 Å². The zero-order chi connectivity index (χ0) is 27.2. The summed E-state index contributed by atoms with van der Waals surface area (Å²) in [6.07, 6.45) is -4.12. The Labute approximate surface area is 215 Å². The van der Waals surface area contributed by atoms with E-state index in [0.29, 0.717) is 16.5 Å². The summed E-state index contributed by atoms with van der Waals surface area (Å²) in [6, 6.07) is 17.9. The van der Waals surface area contributed by atoms with Gasteiger partial charge in [-0.3, -0.25) is 9.10 Å². The first kappa shape index (κ1) is 28.0. The van der Waals surface area contributed by atoms with E-state index in [1.807, 2.05) is 13.8 Å². The number of nitrogens with zero attached hydrogens (tertiary/aromatic N) is 1. The SMILES string of the molecule is COc1ccc(C(CC(C)C)NC(=O)CN(c2cccc(C(F)(F)F)c2)S(=O)(=O)c2ccccc2)cc1. The van der Waals surface area contributed by atoms with Gasteiger partial charge < -0.3 is 10.1 Å². The van der Waals surface area contributed by atoms with Crippen molar-refractivity contribution in [1.82, 2.24) is 5.32 Å². The zero-order valence-corrected chi connectivity index (χ0v) is 21.5. The van der Waals surface area contributed by atoms with Gasteiger partial charge in [0.05, 0.1) is 29.3 Å². The number of amides is 1. The third-order valence-electron chi connectivity index (χ3n) is 5.64. The lowest BCUT2D eigenvalue weighted by atomic mass is 9.97. The van der Waals surface area contributed by atoms with Crippen molar-refractivity contribution in [2.45, 2.75) is 37.4 Å². The van der Waals surface area contributed by atoms with Gasteiger partial charge in [0.25, 0.3) is 10.0 Å². The molecule has 1 atom stereocenters. The molecule has 0 fully saturated rings. The van der Waals surface area contributed by atoms with Crippen LogP contribution in [0.3, 0.4) is 0 Å². The van der Waals surface area contributed by atoms with E-state index in [2.05, 4.69) is 5.32 Å². The van der Waals surface area contributed by atoms with Gasteiger partial charge in [-0.2, -0.15) is 13.2 Å². The molecular formula is C27H29F3N2O4S. The fraction of sp³-hybridized carbons (Fsp3) is 0.296. The van der Waals surface area contributed by atoms with E-state index < -0.39 is 40.3 Å². The van der Waals surface area contributed by atoms with E-state index in [0.717, 1.165) is 23.8 Å². The smallest absolute Gasteiger partial charge is 0.416 e. The van der Waals surface area contributed by atoms with Crippen molar-refractivity contribution in [1.29, 1.82) is 0 Å². The standard InChI is InChI=1S/C27H29F3N2O4S/c1-19(2)16-25(20-12-14-23(36-3)15-13-20)31-26(33)18-32(37(34,35)24-10-5-4-6-11-24)22-9-7-8-21(17-22)27(28,29)30/h4-15,17,19,25H,16,18H2,1-3H3,(H,31,33). The van der Waals surface area contributed by atoms with Crippen LogP contribution in [0, 0.1) is 5.92 Å². The maximum Gasteiger partial charge on any atom is 0.416 e. The van der Waals surface area contributed by atoms with Crippen molar-refractivity contribution < 1.29 is 31.1 Å². The van der Waals surface area contributed by atoms with Crippen LogP contribution in [0.5, 0.6) is 5.75 Å². The number of benzene rings is 3. The van der Waals surface area contributed by atoms with Crippen molar-refractivity contribution in [3.63, 3.8) is 0 Å². The number of hydrogen-bond acceptors (Lipinski definition) is 4. The fourth-order valence-electron chi connectivity index (χ4n) is 3.83. The quantitative estimate of drug-likeness (QED) is 0.356. The summed E-state index contributed by atoms with van der Waals surface area (Å²) in [4.78, 5) is 13.1. The summed E-state index contributed by atoms with van der Waals surface area (Å²) in [5.41, 5.74) is -0.493. The highest BCUT2D eigenvalue weighted by molar-refractivity contribution is 7.92. The van der Waals surface area contributed by atoms with Gasteiger partial charge in [-0.05, 0) is 60.4 Å². The monoisotopic (exact) mass is 534 g/mol. The molecule has 0 aromatic heterocycles. The van der Waals surface area contributed by atoms with Gasteiger partial charge in [-0.1, -0.05) is 50.2 Å². The molecule has 0 saturated carbocycles. The Morgan fingerprint density at radius 3 is 2.19 bits per heavy atom. The van der Waals surface area contributed by atoms with Crippen LogP contribution >= 0.6 is 0 Å². The largest absolute Gasteiger partial charge is 0.497 e. The molecule has 3 aromatic rings. The minimum atomic E-state index is -4.68. The lowest BCUT2D eigenvalue weighted by Crippen LogP contribution is -2.42. The molecule has 0 aliphatic carbocycles. The Kier molecular flexibility index (Phi) is 8.85. The Morgan fingerprint density at radius 2 is 1.62 bits per heavy atom. The van der Waals surface area contributed by atoms with Gasteiger partial charge in [0, 0.05) is 0 Å². The van der Waals surface area contributed by atoms with Gasteiger partial charge >= 0.3 is 6.18 Å². The molecule has 0 aliphatic rings. The number of anilines is 1. The highest BCUT2D eigenvalue weighted by Crippen LogP contribution is 2.33. The predicted molar refractivity (Wildman–Crippen MR) is 136 cm³/mol. The molecule has 198 valence electrons. The summed E-state index contributed by atoms with van der Waals surface area (Å²) in [5, 5.41) is 2.86. The van der Waals surface area contributed by atoms with Gasteiger partial charge in [0.2, 0.25) is 5.91 Å². The number of hydrogen-bond donors (Lipinski definition) is 1. The van der Waals surface area contributed by atoms with Crippen molar-refractivity contribution >= 4 is 21.6 Å². The summed E-state index contributed by atoms with van der Waals surface area (Å²) in [7, 11) is -2.82. The molecule has 1 unspecified atom stereocenters. The molecule has 3 aromatic carbocycles. The number of carbonyl (C=O) groups is 1. The van der Waals surface area contributed by atoms with E-state index >= 15 is 0 Å². The van der Waals surface area contributed by atoms with E-state index in [4.69, 9.17) is 4.74 Å². The molecule has 1 amide bonds. The molecule has 0 saturated heterocycles. The molecule has 10 heteroatoms. The third kappa shape index (κ3) is 7.25. The fourth-order valence-corrected chi connectivity index (χ4v) is 5.26. The first-order chi connectivity index (χ1) is 17.4. The maximum absolute atomic E-state index is 13.5.